The van der Waals surface area contributed by atoms with Gasteiger partial charge < -0.3 is 10.3 Å². The molecule has 0 atom stereocenters. The van der Waals surface area contributed by atoms with E-state index in [1.807, 2.05) is 36.4 Å². The maximum absolute atomic E-state index is 5.53. The van der Waals surface area contributed by atoms with Crippen LogP contribution in [0.2, 0.25) is 0 Å². The monoisotopic (exact) mass is 190 g/mol. The van der Waals surface area contributed by atoms with Crippen LogP contribution in [-0.2, 0) is 20.1 Å². The quantitative estimate of drug-likeness (QED) is 0.775. The molecule has 2 N–H and O–H groups in total. The lowest BCUT2D eigenvalue weighted by Gasteiger charge is -1.98. The third-order valence-electron chi connectivity index (χ3n) is 2.17. The van der Waals surface area contributed by atoms with E-state index in [1.165, 1.54) is 5.56 Å². The summed E-state index contributed by atoms with van der Waals surface area (Å²) in [5, 5.41) is 4.12. The van der Waals surface area contributed by atoms with E-state index < -0.39 is 0 Å². The van der Waals surface area contributed by atoms with Crippen molar-refractivity contribution in [3.05, 3.63) is 42.0 Å². The third-order valence-corrected chi connectivity index (χ3v) is 2.17. The predicted octanol–water partition coefficient (Wildman–Crippen LogP) is 0.729. The van der Waals surface area contributed by atoms with Crippen LogP contribution in [0.5, 0.6) is 0 Å². The minimum absolute atomic E-state index is 0.597. The Balaban J connectivity index is 2.10. The van der Waals surface area contributed by atoms with Crippen molar-refractivity contribution in [2.24, 2.45) is 12.8 Å². The van der Waals surface area contributed by atoms with E-state index in [0.717, 1.165) is 12.1 Å². The van der Waals surface area contributed by atoms with Gasteiger partial charge in [0.1, 0.15) is 0 Å². The van der Waals surface area contributed by atoms with E-state index in [1.54, 1.807) is 0 Å². The summed E-state index contributed by atoms with van der Waals surface area (Å²) in [6, 6.07) is 2.04. The fourth-order valence-electron chi connectivity index (χ4n) is 1.47. The van der Waals surface area contributed by atoms with Gasteiger partial charge in [0.05, 0.1) is 12.7 Å². The highest BCUT2D eigenvalue weighted by molar-refractivity contribution is 5.12. The molecule has 2 heterocycles. The SMILES string of the molecule is Cn1cc(Cn2ccc(CN)c2)cn1. The van der Waals surface area contributed by atoms with Gasteiger partial charge in [0, 0.05) is 37.7 Å². The smallest absolute Gasteiger partial charge is 0.0539 e. The van der Waals surface area contributed by atoms with Crippen LogP contribution >= 0.6 is 0 Å². The summed E-state index contributed by atoms with van der Waals surface area (Å²) in [5.41, 5.74) is 7.89. The lowest BCUT2D eigenvalue weighted by Crippen LogP contribution is -1.97. The molecule has 14 heavy (non-hydrogen) atoms. The van der Waals surface area contributed by atoms with Gasteiger partial charge in [-0.1, -0.05) is 0 Å². The van der Waals surface area contributed by atoms with Crippen LogP contribution in [0.15, 0.2) is 30.9 Å². The minimum atomic E-state index is 0.597. The van der Waals surface area contributed by atoms with Crippen molar-refractivity contribution < 1.29 is 0 Å². The van der Waals surface area contributed by atoms with Gasteiger partial charge in [-0.05, 0) is 11.6 Å². The van der Waals surface area contributed by atoms with E-state index in [4.69, 9.17) is 5.73 Å². The van der Waals surface area contributed by atoms with Gasteiger partial charge in [-0.15, -0.1) is 0 Å². The topological polar surface area (TPSA) is 48.8 Å². The Bertz CT molecular complexity index is 413. The first-order valence-electron chi connectivity index (χ1n) is 4.60. The van der Waals surface area contributed by atoms with Crippen molar-refractivity contribution in [2.75, 3.05) is 0 Å². The largest absolute Gasteiger partial charge is 0.349 e. The molecule has 4 heteroatoms. The van der Waals surface area contributed by atoms with E-state index in [2.05, 4.69) is 15.9 Å². The molecule has 2 aromatic heterocycles. The molecule has 0 aliphatic rings. The standard InChI is InChI=1S/C10H14N4/c1-13-6-10(5-12-13)8-14-3-2-9(4-11)7-14/h2-3,5-7H,4,8,11H2,1H3. The summed E-state index contributed by atoms with van der Waals surface area (Å²) in [4.78, 5) is 0. The van der Waals surface area contributed by atoms with Crippen molar-refractivity contribution in [1.29, 1.82) is 0 Å². The fraction of sp³-hybridized carbons (Fsp3) is 0.300. The van der Waals surface area contributed by atoms with Crippen LogP contribution in [0.1, 0.15) is 11.1 Å². The van der Waals surface area contributed by atoms with Gasteiger partial charge in [0.15, 0.2) is 0 Å². The minimum Gasteiger partial charge on any atom is -0.349 e. The van der Waals surface area contributed by atoms with Crippen molar-refractivity contribution >= 4 is 0 Å². The number of aromatic nitrogens is 3. The average molecular weight is 190 g/mol. The number of hydrogen-bond donors (Lipinski definition) is 1. The molecular formula is C10H14N4. The zero-order chi connectivity index (χ0) is 9.97. The molecule has 0 aromatic carbocycles. The van der Waals surface area contributed by atoms with Gasteiger partial charge in [-0.2, -0.15) is 5.10 Å². The van der Waals surface area contributed by atoms with E-state index in [9.17, 15) is 0 Å². The van der Waals surface area contributed by atoms with E-state index >= 15 is 0 Å². The molecule has 2 rings (SSSR count). The zero-order valence-corrected chi connectivity index (χ0v) is 8.22. The number of nitrogens with zero attached hydrogens (tertiary/aromatic N) is 3. The Hall–Kier alpha value is -1.55. The highest BCUT2D eigenvalue weighted by atomic mass is 15.2. The molecule has 0 aliphatic heterocycles. The summed E-state index contributed by atoms with van der Waals surface area (Å²) in [6.45, 7) is 1.45. The molecule has 0 amide bonds. The molecule has 0 spiro atoms. The Morgan fingerprint density at radius 1 is 1.36 bits per heavy atom. The van der Waals surface area contributed by atoms with Crippen molar-refractivity contribution in [3.8, 4) is 0 Å². The fourth-order valence-corrected chi connectivity index (χ4v) is 1.47. The second-order valence-electron chi connectivity index (χ2n) is 3.42. The van der Waals surface area contributed by atoms with E-state index in [-0.39, 0.29) is 0 Å². The van der Waals surface area contributed by atoms with Gasteiger partial charge in [0.2, 0.25) is 0 Å². The number of rotatable bonds is 3. The highest BCUT2D eigenvalue weighted by Crippen LogP contribution is 2.04. The molecule has 0 saturated carbocycles. The summed E-state index contributed by atoms with van der Waals surface area (Å²) < 4.78 is 3.92. The first kappa shape index (κ1) is 9.02. The van der Waals surface area contributed by atoms with Gasteiger partial charge in [-0.25, -0.2) is 0 Å². The van der Waals surface area contributed by atoms with Crippen molar-refractivity contribution in [1.82, 2.24) is 14.3 Å². The van der Waals surface area contributed by atoms with Crippen LogP contribution in [0.25, 0.3) is 0 Å². The van der Waals surface area contributed by atoms with E-state index in [0.29, 0.717) is 6.54 Å². The molecular weight excluding hydrogens is 176 g/mol. The Kier molecular flexibility index (Phi) is 2.37. The Morgan fingerprint density at radius 3 is 2.79 bits per heavy atom. The number of nitrogens with two attached hydrogens (primary N) is 1. The van der Waals surface area contributed by atoms with Gasteiger partial charge in [0.25, 0.3) is 0 Å². The zero-order valence-electron chi connectivity index (χ0n) is 8.22. The molecule has 0 bridgehead atoms. The van der Waals surface area contributed by atoms with Crippen molar-refractivity contribution in [2.45, 2.75) is 13.1 Å². The first-order chi connectivity index (χ1) is 6.78. The second-order valence-corrected chi connectivity index (χ2v) is 3.42. The third kappa shape index (κ3) is 1.85. The van der Waals surface area contributed by atoms with Crippen LogP contribution < -0.4 is 5.73 Å². The normalized spacial score (nSPS) is 10.7. The molecule has 0 fully saturated rings. The first-order valence-corrected chi connectivity index (χ1v) is 4.60. The highest BCUT2D eigenvalue weighted by Gasteiger charge is 1.98. The summed E-state index contributed by atoms with van der Waals surface area (Å²) in [6.07, 6.45) is 7.99. The van der Waals surface area contributed by atoms with Crippen LogP contribution in [0, 0.1) is 0 Å². The molecule has 2 aromatic rings. The molecule has 4 nitrogen and oxygen atoms in total. The van der Waals surface area contributed by atoms with Crippen LogP contribution in [0.3, 0.4) is 0 Å². The Morgan fingerprint density at radius 2 is 2.21 bits per heavy atom. The molecule has 0 aliphatic carbocycles. The molecule has 0 unspecified atom stereocenters. The summed E-state index contributed by atoms with van der Waals surface area (Å²) in [7, 11) is 1.92. The van der Waals surface area contributed by atoms with Crippen LogP contribution in [0.4, 0.5) is 0 Å². The Labute approximate surface area is 82.9 Å². The maximum Gasteiger partial charge on any atom is 0.0539 e. The number of aryl methyl sites for hydroxylation is 1. The second kappa shape index (κ2) is 3.67. The predicted molar refractivity (Wildman–Crippen MR) is 54.6 cm³/mol. The molecule has 74 valence electrons. The average Bonchev–Trinajstić information content (AvgIpc) is 2.76. The van der Waals surface area contributed by atoms with Crippen LogP contribution in [-0.4, -0.2) is 14.3 Å². The molecule has 0 saturated heterocycles. The lowest BCUT2D eigenvalue weighted by molar-refractivity contribution is 0.762. The van der Waals surface area contributed by atoms with Crippen molar-refractivity contribution in [3.63, 3.8) is 0 Å². The summed E-state index contributed by atoms with van der Waals surface area (Å²) in [5.74, 6) is 0. The molecule has 0 radical (unpaired) electrons. The summed E-state index contributed by atoms with van der Waals surface area (Å²) >= 11 is 0. The number of hydrogen-bond acceptors (Lipinski definition) is 2. The lowest BCUT2D eigenvalue weighted by atomic mass is 10.3. The van der Waals surface area contributed by atoms with Gasteiger partial charge in [-0.3, -0.25) is 4.68 Å². The maximum atomic E-state index is 5.53. The van der Waals surface area contributed by atoms with Gasteiger partial charge >= 0.3 is 0 Å².